The maximum atomic E-state index is 12.5. The van der Waals surface area contributed by atoms with E-state index in [-0.39, 0.29) is 5.91 Å². The van der Waals surface area contributed by atoms with Gasteiger partial charge in [-0.1, -0.05) is 23.2 Å². The third-order valence-corrected chi connectivity index (χ3v) is 4.11. The topological polar surface area (TPSA) is 63.2 Å². The van der Waals surface area contributed by atoms with E-state index in [1.807, 2.05) is 24.3 Å². The first-order valence-corrected chi connectivity index (χ1v) is 8.44. The molecule has 26 heavy (non-hydrogen) atoms. The zero-order chi connectivity index (χ0) is 18.5. The lowest BCUT2D eigenvalue weighted by atomic mass is 10.2. The number of rotatable bonds is 5. The van der Waals surface area contributed by atoms with Gasteiger partial charge in [-0.15, -0.1) is 0 Å². The predicted octanol–water partition coefficient (Wildman–Crippen LogP) is 5.39. The number of ether oxygens (including phenoxy) is 1. The van der Waals surface area contributed by atoms with Crippen LogP contribution in [0.25, 0.3) is 0 Å². The third kappa shape index (κ3) is 4.45. The van der Waals surface area contributed by atoms with Gasteiger partial charge < -0.3 is 15.4 Å². The van der Waals surface area contributed by atoms with Crippen LogP contribution in [0.2, 0.25) is 10.0 Å². The normalized spacial score (nSPS) is 10.3. The van der Waals surface area contributed by atoms with Crippen molar-refractivity contribution in [1.29, 1.82) is 0 Å². The van der Waals surface area contributed by atoms with E-state index in [9.17, 15) is 4.79 Å². The summed E-state index contributed by atoms with van der Waals surface area (Å²) in [5.74, 6) is 1.01. The highest BCUT2D eigenvalue weighted by atomic mass is 35.5. The highest BCUT2D eigenvalue weighted by Crippen LogP contribution is 2.26. The summed E-state index contributed by atoms with van der Waals surface area (Å²) in [6, 6.07) is 15.6. The summed E-state index contributed by atoms with van der Waals surface area (Å²) in [7, 11) is 1.61. The molecule has 7 heteroatoms. The lowest BCUT2D eigenvalue weighted by Crippen LogP contribution is -2.12. The third-order valence-electron chi connectivity index (χ3n) is 3.56. The first-order valence-electron chi connectivity index (χ1n) is 7.69. The zero-order valence-corrected chi connectivity index (χ0v) is 15.3. The Morgan fingerprint density at radius 1 is 1.04 bits per heavy atom. The number of benzene rings is 2. The molecule has 0 aliphatic heterocycles. The van der Waals surface area contributed by atoms with Crippen molar-refractivity contribution in [3.05, 3.63) is 76.4 Å². The Labute approximate surface area is 160 Å². The monoisotopic (exact) mass is 387 g/mol. The van der Waals surface area contributed by atoms with Crippen molar-refractivity contribution >= 4 is 46.3 Å². The molecule has 1 amide bonds. The molecule has 0 aliphatic rings. The number of pyridine rings is 1. The van der Waals surface area contributed by atoms with Gasteiger partial charge in [0, 0.05) is 22.5 Å². The van der Waals surface area contributed by atoms with Crippen LogP contribution in [0.4, 0.5) is 17.2 Å². The number of hydrogen-bond acceptors (Lipinski definition) is 4. The summed E-state index contributed by atoms with van der Waals surface area (Å²) >= 11 is 12.0. The number of halogens is 2. The summed E-state index contributed by atoms with van der Waals surface area (Å²) < 4.78 is 5.13. The molecule has 3 aromatic rings. The second kappa shape index (κ2) is 8.08. The molecule has 2 N–H and O–H groups in total. The molecule has 0 atom stereocenters. The highest BCUT2D eigenvalue weighted by molar-refractivity contribution is 6.36. The Bertz CT molecular complexity index is 930. The van der Waals surface area contributed by atoms with Crippen molar-refractivity contribution in [3.8, 4) is 5.75 Å². The van der Waals surface area contributed by atoms with Crippen molar-refractivity contribution in [2.75, 3.05) is 17.7 Å². The lowest BCUT2D eigenvalue weighted by molar-refractivity contribution is 0.102. The smallest absolute Gasteiger partial charge is 0.255 e. The van der Waals surface area contributed by atoms with Crippen LogP contribution in [0.1, 0.15) is 10.4 Å². The first kappa shape index (κ1) is 18.0. The number of nitrogens with zero attached hydrogens (tertiary/aromatic N) is 1. The van der Waals surface area contributed by atoms with Crippen LogP contribution in [0, 0.1) is 0 Å². The van der Waals surface area contributed by atoms with Gasteiger partial charge in [0.05, 0.1) is 17.8 Å². The number of methoxy groups -OCH3 is 1. The van der Waals surface area contributed by atoms with E-state index in [0.717, 1.165) is 11.4 Å². The van der Waals surface area contributed by atoms with Crippen molar-refractivity contribution in [1.82, 2.24) is 4.98 Å². The van der Waals surface area contributed by atoms with Gasteiger partial charge in [-0.3, -0.25) is 4.79 Å². The quantitative estimate of drug-likeness (QED) is 0.615. The molecule has 0 radical (unpaired) electrons. The fraction of sp³-hybridized carbons (Fsp3) is 0.0526. The predicted molar refractivity (Wildman–Crippen MR) is 105 cm³/mol. The highest BCUT2D eigenvalue weighted by Gasteiger charge is 2.10. The van der Waals surface area contributed by atoms with Crippen LogP contribution in [0.15, 0.2) is 60.8 Å². The Kier molecular flexibility index (Phi) is 5.61. The van der Waals surface area contributed by atoms with Crippen molar-refractivity contribution in [3.63, 3.8) is 0 Å². The maximum Gasteiger partial charge on any atom is 0.255 e. The van der Waals surface area contributed by atoms with Gasteiger partial charge in [0.1, 0.15) is 11.6 Å². The minimum absolute atomic E-state index is 0.297. The molecule has 0 fully saturated rings. The molecule has 132 valence electrons. The second-order valence-electron chi connectivity index (χ2n) is 5.36. The fourth-order valence-corrected chi connectivity index (χ4v) is 2.70. The Morgan fingerprint density at radius 3 is 2.50 bits per heavy atom. The molecule has 0 saturated heterocycles. The number of amides is 1. The van der Waals surface area contributed by atoms with E-state index in [0.29, 0.717) is 27.1 Å². The van der Waals surface area contributed by atoms with Gasteiger partial charge >= 0.3 is 0 Å². The summed E-state index contributed by atoms with van der Waals surface area (Å²) in [5.41, 5.74) is 1.76. The second-order valence-corrected chi connectivity index (χ2v) is 6.21. The number of anilines is 3. The van der Waals surface area contributed by atoms with Crippen LogP contribution in [-0.4, -0.2) is 18.0 Å². The van der Waals surface area contributed by atoms with E-state index in [1.165, 1.54) is 0 Å². The minimum Gasteiger partial charge on any atom is -0.497 e. The van der Waals surface area contributed by atoms with Crippen LogP contribution in [0.5, 0.6) is 5.75 Å². The van der Waals surface area contributed by atoms with E-state index in [1.54, 1.807) is 43.6 Å². The largest absolute Gasteiger partial charge is 0.497 e. The molecule has 0 bridgehead atoms. The van der Waals surface area contributed by atoms with Crippen LogP contribution < -0.4 is 15.4 Å². The SMILES string of the molecule is COc1ccc(Nc2cc(C(=O)Nc3ccc(Cl)cc3Cl)ccn2)cc1. The molecule has 0 saturated carbocycles. The Balaban J connectivity index is 1.74. The van der Waals surface area contributed by atoms with Gasteiger partial charge in [-0.25, -0.2) is 4.98 Å². The van der Waals surface area contributed by atoms with Crippen molar-refractivity contribution in [2.45, 2.75) is 0 Å². The van der Waals surface area contributed by atoms with Gasteiger partial charge in [-0.2, -0.15) is 0 Å². The lowest BCUT2D eigenvalue weighted by Gasteiger charge is -2.10. The summed E-state index contributed by atoms with van der Waals surface area (Å²) in [6.45, 7) is 0. The molecule has 2 aromatic carbocycles. The number of aromatic nitrogens is 1. The van der Waals surface area contributed by atoms with E-state index < -0.39 is 0 Å². The molecule has 1 heterocycles. The average Bonchev–Trinajstić information content (AvgIpc) is 2.65. The van der Waals surface area contributed by atoms with Crippen molar-refractivity contribution in [2.24, 2.45) is 0 Å². The number of hydrogen-bond donors (Lipinski definition) is 2. The van der Waals surface area contributed by atoms with E-state index in [2.05, 4.69) is 15.6 Å². The average molecular weight is 388 g/mol. The summed E-state index contributed by atoms with van der Waals surface area (Å²) in [5, 5.41) is 6.78. The fourth-order valence-electron chi connectivity index (χ4n) is 2.25. The standard InChI is InChI=1S/C19H15Cl2N3O2/c1-26-15-5-3-14(4-6-15)23-18-10-12(8-9-22-18)19(25)24-17-7-2-13(20)11-16(17)21/h2-11H,1H3,(H,22,23)(H,24,25). The van der Waals surface area contributed by atoms with Gasteiger partial charge in [0.25, 0.3) is 5.91 Å². The Morgan fingerprint density at radius 2 is 1.81 bits per heavy atom. The first-order chi connectivity index (χ1) is 12.5. The van der Waals surface area contributed by atoms with Gasteiger partial charge in [0.15, 0.2) is 0 Å². The molecular formula is C19H15Cl2N3O2. The summed E-state index contributed by atoms with van der Waals surface area (Å²) in [4.78, 5) is 16.7. The molecular weight excluding hydrogens is 373 g/mol. The number of carbonyl (C=O) groups is 1. The molecule has 3 rings (SSSR count). The molecule has 5 nitrogen and oxygen atoms in total. The number of nitrogens with one attached hydrogen (secondary N) is 2. The van der Waals surface area contributed by atoms with Crippen LogP contribution in [0.3, 0.4) is 0 Å². The Hall–Kier alpha value is -2.76. The molecule has 0 spiro atoms. The van der Waals surface area contributed by atoms with Gasteiger partial charge in [-0.05, 0) is 54.6 Å². The van der Waals surface area contributed by atoms with E-state index in [4.69, 9.17) is 27.9 Å². The van der Waals surface area contributed by atoms with Crippen molar-refractivity contribution < 1.29 is 9.53 Å². The summed E-state index contributed by atoms with van der Waals surface area (Å²) in [6.07, 6.45) is 1.56. The maximum absolute atomic E-state index is 12.5. The molecule has 0 unspecified atom stereocenters. The minimum atomic E-state index is -0.297. The van der Waals surface area contributed by atoms with E-state index >= 15 is 0 Å². The van der Waals surface area contributed by atoms with Crippen LogP contribution >= 0.6 is 23.2 Å². The zero-order valence-electron chi connectivity index (χ0n) is 13.8. The number of carbonyl (C=O) groups excluding carboxylic acids is 1. The van der Waals surface area contributed by atoms with Gasteiger partial charge in [0.2, 0.25) is 0 Å². The molecule has 0 aliphatic carbocycles. The molecule has 1 aromatic heterocycles. The van der Waals surface area contributed by atoms with Crippen LogP contribution in [-0.2, 0) is 0 Å².